The first kappa shape index (κ1) is 23.1. The second-order valence-corrected chi connectivity index (χ2v) is 7.86. The van der Waals surface area contributed by atoms with Crippen molar-refractivity contribution in [2.24, 2.45) is 0 Å². The van der Waals surface area contributed by atoms with Crippen LogP contribution in [0.2, 0.25) is 0 Å². The Balaban J connectivity index is 1.40. The number of ether oxygens (including phenoxy) is 1. The van der Waals surface area contributed by atoms with E-state index in [4.69, 9.17) is 9.15 Å². The summed E-state index contributed by atoms with van der Waals surface area (Å²) in [6, 6.07) is 17.7. The van der Waals surface area contributed by atoms with Crippen LogP contribution in [0.15, 0.2) is 76.5 Å². The third kappa shape index (κ3) is 5.62. The van der Waals surface area contributed by atoms with E-state index in [2.05, 4.69) is 26.2 Å². The van der Waals surface area contributed by atoms with Crippen LogP contribution in [-0.4, -0.2) is 44.4 Å². The summed E-state index contributed by atoms with van der Waals surface area (Å²) in [5.74, 6) is 0.688. The van der Waals surface area contributed by atoms with Gasteiger partial charge in [0.1, 0.15) is 17.2 Å². The van der Waals surface area contributed by atoms with Crippen LogP contribution >= 0.6 is 11.8 Å². The summed E-state index contributed by atoms with van der Waals surface area (Å²) in [5, 5.41) is 17.8. The minimum Gasteiger partial charge on any atom is -0.492 e. The van der Waals surface area contributed by atoms with E-state index in [0.29, 0.717) is 40.2 Å². The second-order valence-electron chi connectivity index (χ2n) is 6.92. The molecular weight excluding hydrogens is 456 g/mol. The van der Waals surface area contributed by atoms with E-state index < -0.39 is 0 Å². The molecule has 2 amide bonds. The maximum absolute atomic E-state index is 12.7. The van der Waals surface area contributed by atoms with Crippen LogP contribution in [0.25, 0.3) is 5.69 Å². The summed E-state index contributed by atoms with van der Waals surface area (Å²) in [6.07, 6.45) is 1.54. The lowest BCUT2D eigenvalue weighted by Crippen LogP contribution is -2.25. The highest BCUT2D eigenvalue weighted by molar-refractivity contribution is 7.99. The summed E-state index contributed by atoms with van der Waals surface area (Å²) in [5.41, 5.74) is 1.44. The molecule has 0 radical (unpaired) electrons. The smallest absolute Gasteiger partial charge is 0.253 e. The van der Waals surface area contributed by atoms with E-state index in [1.165, 1.54) is 16.4 Å². The third-order valence-corrected chi connectivity index (χ3v) is 5.53. The Labute approximate surface area is 199 Å². The molecule has 0 saturated heterocycles. The number of hydrogen-bond donors (Lipinski definition) is 2. The fourth-order valence-electron chi connectivity index (χ4n) is 3.11. The summed E-state index contributed by atoms with van der Waals surface area (Å²) >= 11 is 1.17. The van der Waals surface area contributed by atoms with Gasteiger partial charge in [-0.2, -0.15) is 4.68 Å². The molecular formula is C23H22N6O4S. The zero-order valence-electron chi connectivity index (χ0n) is 18.3. The highest BCUT2D eigenvalue weighted by atomic mass is 32.2. The van der Waals surface area contributed by atoms with Crippen molar-refractivity contribution in [1.29, 1.82) is 0 Å². The Bertz CT molecular complexity index is 1260. The van der Waals surface area contributed by atoms with Crippen LogP contribution in [0, 0.1) is 0 Å². The standard InChI is InChI=1S/C23H22N6O4S/c1-2-32-20-12-6-5-11-19(20)29-23(26-27-28-29)34-15-21(30)25-18-10-4-3-9-17(18)22(31)24-14-16-8-7-13-33-16/h3-13H,2,14-15H2,1H3,(H,24,31)(H,25,30). The molecule has 0 aliphatic heterocycles. The highest BCUT2D eigenvalue weighted by Gasteiger charge is 2.17. The van der Waals surface area contributed by atoms with E-state index in [-0.39, 0.29) is 24.1 Å². The molecule has 0 aliphatic rings. The van der Waals surface area contributed by atoms with Crippen molar-refractivity contribution in [1.82, 2.24) is 25.5 Å². The predicted molar refractivity (Wildman–Crippen MR) is 126 cm³/mol. The molecule has 2 heterocycles. The first-order chi connectivity index (χ1) is 16.7. The largest absolute Gasteiger partial charge is 0.492 e. The predicted octanol–water partition coefficient (Wildman–Crippen LogP) is 3.31. The van der Waals surface area contributed by atoms with Crippen molar-refractivity contribution in [3.63, 3.8) is 0 Å². The maximum atomic E-state index is 12.7. The Hall–Kier alpha value is -4.12. The molecule has 2 aromatic heterocycles. The van der Waals surface area contributed by atoms with Gasteiger partial charge in [-0.1, -0.05) is 36.0 Å². The number of furan rings is 1. The monoisotopic (exact) mass is 478 g/mol. The number of thioether (sulfide) groups is 1. The summed E-state index contributed by atoms with van der Waals surface area (Å²) in [4.78, 5) is 25.3. The van der Waals surface area contributed by atoms with Gasteiger partial charge in [-0.25, -0.2) is 0 Å². The normalized spacial score (nSPS) is 10.6. The number of benzene rings is 2. The van der Waals surface area contributed by atoms with Crippen molar-refractivity contribution in [3.8, 4) is 11.4 Å². The van der Waals surface area contributed by atoms with Crippen molar-refractivity contribution in [2.45, 2.75) is 18.6 Å². The number of nitrogens with one attached hydrogen (secondary N) is 2. The van der Waals surface area contributed by atoms with Gasteiger partial charge >= 0.3 is 0 Å². The number of hydrogen-bond acceptors (Lipinski definition) is 8. The van der Waals surface area contributed by atoms with Crippen LogP contribution < -0.4 is 15.4 Å². The first-order valence-corrected chi connectivity index (χ1v) is 11.5. The zero-order valence-corrected chi connectivity index (χ0v) is 19.1. The van der Waals surface area contributed by atoms with Gasteiger partial charge in [-0.3, -0.25) is 9.59 Å². The molecule has 0 atom stereocenters. The molecule has 34 heavy (non-hydrogen) atoms. The van der Waals surface area contributed by atoms with E-state index in [1.54, 1.807) is 42.7 Å². The SMILES string of the molecule is CCOc1ccccc1-n1nnnc1SCC(=O)Nc1ccccc1C(=O)NCc1ccco1. The number of amides is 2. The molecule has 0 bridgehead atoms. The van der Waals surface area contributed by atoms with E-state index >= 15 is 0 Å². The fourth-order valence-corrected chi connectivity index (χ4v) is 3.80. The topological polar surface area (TPSA) is 124 Å². The Morgan fingerprint density at radius 3 is 2.74 bits per heavy atom. The molecule has 4 rings (SSSR count). The van der Waals surface area contributed by atoms with Crippen molar-refractivity contribution in [3.05, 3.63) is 78.3 Å². The van der Waals surface area contributed by atoms with E-state index in [9.17, 15) is 9.59 Å². The van der Waals surface area contributed by atoms with Gasteiger partial charge in [0.15, 0.2) is 0 Å². The lowest BCUT2D eigenvalue weighted by Gasteiger charge is -2.12. The quantitative estimate of drug-likeness (QED) is 0.333. The summed E-state index contributed by atoms with van der Waals surface area (Å²) < 4.78 is 12.4. The van der Waals surface area contributed by atoms with E-state index in [0.717, 1.165) is 0 Å². The minimum atomic E-state index is -0.323. The van der Waals surface area contributed by atoms with Gasteiger partial charge in [0, 0.05) is 0 Å². The maximum Gasteiger partial charge on any atom is 0.253 e. The Morgan fingerprint density at radius 1 is 1.09 bits per heavy atom. The highest BCUT2D eigenvalue weighted by Crippen LogP contribution is 2.26. The number of carbonyl (C=O) groups excluding carboxylic acids is 2. The molecule has 0 saturated carbocycles. The van der Waals surface area contributed by atoms with Gasteiger partial charge < -0.3 is 19.8 Å². The number of tetrazole rings is 1. The molecule has 11 heteroatoms. The van der Waals surface area contributed by atoms with Crippen LogP contribution in [0.4, 0.5) is 5.69 Å². The number of aromatic nitrogens is 4. The molecule has 2 aromatic carbocycles. The lowest BCUT2D eigenvalue weighted by atomic mass is 10.1. The van der Waals surface area contributed by atoms with Gasteiger partial charge in [0.25, 0.3) is 5.91 Å². The molecule has 10 nitrogen and oxygen atoms in total. The average molecular weight is 479 g/mol. The second kappa shape index (κ2) is 11.1. The van der Waals surface area contributed by atoms with Crippen molar-refractivity contribution >= 4 is 29.3 Å². The lowest BCUT2D eigenvalue weighted by molar-refractivity contribution is -0.113. The number of anilines is 1. The molecule has 0 spiro atoms. The molecule has 0 unspecified atom stereocenters. The van der Waals surface area contributed by atoms with Crippen LogP contribution in [0.5, 0.6) is 5.75 Å². The molecule has 0 fully saturated rings. The van der Waals surface area contributed by atoms with Crippen molar-refractivity contribution < 1.29 is 18.7 Å². The van der Waals surface area contributed by atoms with Gasteiger partial charge in [0.05, 0.1) is 36.4 Å². The van der Waals surface area contributed by atoms with Gasteiger partial charge in [0.2, 0.25) is 11.1 Å². The van der Waals surface area contributed by atoms with E-state index in [1.807, 2.05) is 31.2 Å². The number of para-hydroxylation sites is 3. The molecule has 2 N–H and O–H groups in total. The molecule has 0 aliphatic carbocycles. The number of rotatable bonds is 10. The minimum absolute atomic E-state index is 0.0412. The summed E-state index contributed by atoms with van der Waals surface area (Å²) in [7, 11) is 0. The van der Waals surface area contributed by atoms with Crippen LogP contribution in [-0.2, 0) is 11.3 Å². The fraction of sp³-hybridized carbons (Fsp3) is 0.174. The van der Waals surface area contributed by atoms with Crippen molar-refractivity contribution in [2.75, 3.05) is 17.7 Å². The third-order valence-electron chi connectivity index (χ3n) is 4.62. The Morgan fingerprint density at radius 2 is 1.91 bits per heavy atom. The Kier molecular flexibility index (Phi) is 7.56. The zero-order chi connectivity index (χ0) is 23.8. The van der Waals surface area contributed by atoms with Crippen LogP contribution in [0.3, 0.4) is 0 Å². The summed E-state index contributed by atoms with van der Waals surface area (Å²) in [6.45, 7) is 2.64. The van der Waals surface area contributed by atoms with Crippen LogP contribution in [0.1, 0.15) is 23.0 Å². The van der Waals surface area contributed by atoms with Gasteiger partial charge in [-0.15, -0.1) is 5.10 Å². The number of nitrogens with zero attached hydrogens (tertiary/aromatic N) is 4. The van der Waals surface area contributed by atoms with Gasteiger partial charge in [-0.05, 0) is 53.7 Å². The molecule has 4 aromatic rings. The first-order valence-electron chi connectivity index (χ1n) is 10.5. The number of carbonyl (C=O) groups is 2. The average Bonchev–Trinajstić information content (AvgIpc) is 3.54. The molecule has 174 valence electrons.